The van der Waals surface area contributed by atoms with E-state index >= 15 is 0 Å². The van der Waals surface area contributed by atoms with Crippen molar-refractivity contribution in [2.75, 3.05) is 18.8 Å². The molecular weight excluding hydrogens is 384 g/mol. The highest BCUT2D eigenvalue weighted by molar-refractivity contribution is 8.00. The van der Waals surface area contributed by atoms with Gasteiger partial charge in [0.2, 0.25) is 0 Å². The Hall–Kier alpha value is -2.13. The molecule has 1 fully saturated rings. The summed E-state index contributed by atoms with van der Waals surface area (Å²) >= 11 is 1.73. The first kappa shape index (κ1) is 22.2. The summed E-state index contributed by atoms with van der Waals surface area (Å²) in [4.78, 5) is 32.4. The van der Waals surface area contributed by atoms with Crippen LogP contribution in [0.1, 0.15) is 55.8 Å². The van der Waals surface area contributed by atoms with Crippen LogP contribution in [-0.2, 0) is 14.3 Å². The van der Waals surface area contributed by atoms with Crippen LogP contribution in [0.2, 0.25) is 0 Å². The van der Waals surface area contributed by atoms with Gasteiger partial charge in [0.1, 0.15) is 5.60 Å². The molecule has 3 aliphatic heterocycles. The summed E-state index contributed by atoms with van der Waals surface area (Å²) in [7, 11) is 0. The number of benzene rings is 1. The zero-order valence-electron chi connectivity index (χ0n) is 16.3. The minimum atomic E-state index is -1.36. The maximum Gasteiger partial charge on any atom is 0.383 e. The standard InChI is InChI=1S/C11H21NO2S.C8H5NO4/c1-11(2,3)14-10(13)8-15-9-4-6-12-7-5-9;10-8-6-3-1-5(2-4-6)7(13-8)9(11)12/h9,12H,4-8H2,1-3H3;1-4,7H. The van der Waals surface area contributed by atoms with E-state index in [1.165, 1.54) is 24.3 Å². The first-order chi connectivity index (χ1) is 13.2. The molecule has 3 aliphatic rings. The van der Waals surface area contributed by atoms with E-state index in [0.29, 0.717) is 22.1 Å². The Morgan fingerprint density at radius 1 is 1.29 bits per heavy atom. The number of carbonyl (C=O) groups excluding carboxylic acids is 2. The topological polar surface area (TPSA) is 108 Å². The van der Waals surface area contributed by atoms with Crippen LogP contribution in [0.4, 0.5) is 0 Å². The van der Waals surface area contributed by atoms with E-state index in [0.717, 1.165) is 25.9 Å². The van der Waals surface area contributed by atoms with Gasteiger partial charge in [0.25, 0.3) is 0 Å². The van der Waals surface area contributed by atoms with Crippen molar-refractivity contribution in [3.63, 3.8) is 0 Å². The van der Waals surface area contributed by atoms with Crippen molar-refractivity contribution in [2.45, 2.75) is 50.7 Å². The Bertz CT molecular complexity index is 695. The van der Waals surface area contributed by atoms with Crippen LogP contribution in [-0.4, -0.2) is 46.6 Å². The number of piperidine rings is 1. The number of nitro groups is 1. The number of thioether (sulfide) groups is 1. The lowest BCUT2D eigenvalue weighted by Crippen LogP contribution is -2.30. The molecule has 0 aliphatic carbocycles. The van der Waals surface area contributed by atoms with E-state index in [2.05, 4.69) is 10.1 Å². The Balaban J connectivity index is 0.000000202. The van der Waals surface area contributed by atoms with Gasteiger partial charge < -0.3 is 14.8 Å². The second-order valence-electron chi connectivity index (χ2n) is 7.51. The predicted octanol–water partition coefficient (Wildman–Crippen LogP) is 2.95. The van der Waals surface area contributed by atoms with E-state index < -0.39 is 17.1 Å². The van der Waals surface area contributed by atoms with Crippen LogP contribution in [0.5, 0.6) is 0 Å². The normalized spacial score (nSPS) is 19.1. The lowest BCUT2D eigenvalue weighted by atomic mass is 10.1. The van der Waals surface area contributed by atoms with Gasteiger partial charge in [-0.2, -0.15) is 0 Å². The SMILES string of the molecule is CC(C)(C)OC(=O)CSC1CCNCC1.O=C1OC([N+](=O)[O-])c2ccc1cc2. The maximum absolute atomic E-state index is 11.4. The molecule has 1 aromatic rings. The van der Waals surface area contributed by atoms with Crippen LogP contribution in [0.15, 0.2) is 24.3 Å². The molecule has 1 saturated heterocycles. The first-order valence-electron chi connectivity index (χ1n) is 9.14. The average molecular weight is 410 g/mol. The molecule has 154 valence electrons. The number of fused-ring (bicyclic) bond motifs is 4. The summed E-state index contributed by atoms with van der Waals surface area (Å²) in [5.74, 6) is -0.255. The van der Waals surface area contributed by atoms with Crippen LogP contribution < -0.4 is 5.32 Å². The van der Waals surface area contributed by atoms with Gasteiger partial charge in [-0.25, -0.2) is 4.79 Å². The van der Waals surface area contributed by atoms with Gasteiger partial charge in [0, 0.05) is 5.25 Å². The van der Waals surface area contributed by atoms with Crippen molar-refractivity contribution in [1.82, 2.24) is 5.32 Å². The summed E-state index contributed by atoms with van der Waals surface area (Å²) in [5.41, 5.74) is 0.374. The average Bonchev–Trinajstić information content (AvgIpc) is 2.89. The number of carbonyl (C=O) groups is 2. The number of nitrogens with zero attached hydrogens (tertiary/aromatic N) is 1. The molecule has 2 bridgehead atoms. The molecule has 1 unspecified atom stereocenters. The second kappa shape index (κ2) is 9.88. The fourth-order valence-electron chi connectivity index (χ4n) is 2.71. The molecule has 3 heterocycles. The van der Waals surface area contributed by atoms with Crippen LogP contribution in [0, 0.1) is 10.1 Å². The summed E-state index contributed by atoms with van der Waals surface area (Å²) < 4.78 is 9.88. The van der Waals surface area contributed by atoms with E-state index in [4.69, 9.17) is 4.74 Å². The number of hydrogen-bond acceptors (Lipinski definition) is 8. The number of hydrogen-bond donors (Lipinski definition) is 1. The zero-order valence-corrected chi connectivity index (χ0v) is 17.1. The minimum absolute atomic E-state index is 0.0916. The summed E-state index contributed by atoms with van der Waals surface area (Å²) in [5, 5.41) is 14.4. The highest BCUT2D eigenvalue weighted by Crippen LogP contribution is 2.24. The molecule has 28 heavy (non-hydrogen) atoms. The zero-order chi connectivity index (χ0) is 20.7. The number of ether oxygens (including phenoxy) is 2. The molecule has 1 atom stereocenters. The third-order valence-electron chi connectivity index (χ3n) is 3.98. The molecule has 1 aromatic carbocycles. The van der Waals surface area contributed by atoms with Gasteiger partial charge in [-0.1, -0.05) is 0 Å². The van der Waals surface area contributed by atoms with Crippen molar-refractivity contribution in [1.29, 1.82) is 0 Å². The molecule has 0 radical (unpaired) electrons. The molecular formula is C19H26N2O6S. The lowest BCUT2D eigenvalue weighted by molar-refractivity contribution is -0.574. The van der Waals surface area contributed by atoms with Gasteiger partial charge in [-0.05, 0) is 71.0 Å². The Kier molecular flexibility index (Phi) is 7.82. The lowest BCUT2D eigenvalue weighted by Gasteiger charge is -2.23. The third-order valence-corrected chi connectivity index (χ3v) is 5.33. The summed E-state index contributed by atoms with van der Waals surface area (Å²) in [6.45, 7) is 7.86. The summed E-state index contributed by atoms with van der Waals surface area (Å²) in [6.07, 6.45) is 0.959. The van der Waals surface area contributed by atoms with E-state index in [9.17, 15) is 19.7 Å². The minimum Gasteiger partial charge on any atom is -0.459 e. The van der Waals surface area contributed by atoms with Gasteiger partial charge in [0.15, 0.2) is 0 Å². The Morgan fingerprint density at radius 3 is 2.43 bits per heavy atom. The number of nitrogens with one attached hydrogen (secondary N) is 1. The molecule has 0 saturated carbocycles. The highest BCUT2D eigenvalue weighted by Gasteiger charge is 2.31. The molecule has 8 nitrogen and oxygen atoms in total. The van der Waals surface area contributed by atoms with Gasteiger partial charge in [0.05, 0.1) is 21.8 Å². The van der Waals surface area contributed by atoms with E-state index in [1.54, 1.807) is 11.8 Å². The monoisotopic (exact) mass is 410 g/mol. The van der Waals surface area contributed by atoms with Crippen molar-refractivity contribution in [2.24, 2.45) is 0 Å². The van der Waals surface area contributed by atoms with Gasteiger partial charge in [-0.15, -0.1) is 11.8 Å². The van der Waals surface area contributed by atoms with E-state index in [-0.39, 0.29) is 11.6 Å². The van der Waals surface area contributed by atoms with E-state index in [1.807, 2.05) is 20.8 Å². The van der Waals surface area contributed by atoms with Crippen LogP contribution in [0.25, 0.3) is 0 Å². The van der Waals surface area contributed by atoms with Crippen molar-refractivity contribution in [3.05, 3.63) is 45.5 Å². The highest BCUT2D eigenvalue weighted by atomic mass is 32.2. The third kappa shape index (κ3) is 7.12. The second-order valence-corrected chi connectivity index (χ2v) is 8.80. The molecule has 0 amide bonds. The fraction of sp³-hybridized carbons (Fsp3) is 0.579. The fourth-order valence-corrected chi connectivity index (χ4v) is 3.70. The van der Waals surface area contributed by atoms with Crippen LogP contribution in [0.3, 0.4) is 0 Å². The molecule has 0 spiro atoms. The van der Waals surface area contributed by atoms with Crippen molar-refractivity contribution in [3.8, 4) is 0 Å². The van der Waals surface area contributed by atoms with Gasteiger partial charge in [-0.3, -0.25) is 14.9 Å². The van der Waals surface area contributed by atoms with Crippen LogP contribution >= 0.6 is 11.8 Å². The largest absolute Gasteiger partial charge is 0.459 e. The smallest absolute Gasteiger partial charge is 0.383 e. The predicted molar refractivity (Wildman–Crippen MR) is 106 cm³/mol. The van der Waals surface area contributed by atoms with Crippen molar-refractivity contribution >= 4 is 23.7 Å². The number of esters is 2. The Labute approximate surface area is 168 Å². The number of rotatable bonds is 4. The first-order valence-corrected chi connectivity index (χ1v) is 10.2. The molecule has 0 aromatic heterocycles. The quantitative estimate of drug-likeness (QED) is 0.459. The Morgan fingerprint density at radius 2 is 1.89 bits per heavy atom. The van der Waals surface area contributed by atoms with Gasteiger partial charge >= 0.3 is 18.2 Å². The molecule has 9 heteroatoms. The molecule has 4 rings (SSSR count). The maximum atomic E-state index is 11.4. The van der Waals surface area contributed by atoms with Crippen molar-refractivity contribution < 1.29 is 24.0 Å². The summed E-state index contributed by atoms with van der Waals surface area (Å²) in [6, 6.07) is 6.07. The molecule has 1 N–H and O–H groups in total.